The van der Waals surface area contributed by atoms with Crippen LogP contribution in [0.15, 0.2) is 42.5 Å². The van der Waals surface area contributed by atoms with Gasteiger partial charge in [-0.15, -0.1) is 0 Å². The molecule has 0 radical (unpaired) electrons. The fourth-order valence-electron chi connectivity index (χ4n) is 2.52. The summed E-state index contributed by atoms with van der Waals surface area (Å²) < 4.78 is 11.7. The van der Waals surface area contributed by atoms with E-state index in [1.54, 1.807) is 0 Å². The molecule has 1 aliphatic rings. The van der Waals surface area contributed by atoms with Crippen molar-refractivity contribution < 1.29 is 9.47 Å². The van der Waals surface area contributed by atoms with Gasteiger partial charge in [-0.25, -0.2) is 0 Å². The molecule has 2 aromatic rings. The highest BCUT2D eigenvalue weighted by Crippen LogP contribution is 2.30. The van der Waals surface area contributed by atoms with E-state index in [2.05, 4.69) is 34.1 Å². The summed E-state index contributed by atoms with van der Waals surface area (Å²) in [6, 6.07) is 14.2. The predicted octanol–water partition coefficient (Wildman–Crippen LogP) is 4.93. The quantitative estimate of drug-likeness (QED) is 0.714. The van der Waals surface area contributed by atoms with Crippen molar-refractivity contribution in [2.75, 3.05) is 13.2 Å². The molecule has 4 heteroatoms. The first-order chi connectivity index (χ1) is 10.3. The van der Waals surface area contributed by atoms with Crippen molar-refractivity contribution in [3.63, 3.8) is 0 Å². The maximum Gasteiger partial charge on any atom is 0.138 e. The molecule has 0 bridgehead atoms. The fraction of sp³-hybridized carbons (Fsp3) is 0.294. The summed E-state index contributed by atoms with van der Waals surface area (Å²) in [4.78, 5) is 0. The summed E-state index contributed by atoms with van der Waals surface area (Å²) in [7, 11) is 0. The average Bonchev–Trinajstić information content (AvgIpc) is 2.53. The van der Waals surface area contributed by atoms with Gasteiger partial charge in [0, 0.05) is 5.33 Å². The topological polar surface area (TPSA) is 18.5 Å². The number of rotatable bonds is 4. The molecule has 1 heterocycles. The Labute approximate surface area is 138 Å². The standard InChI is InChI=1S/C17H16BrClO2/c18-10-12-5-6-16(15(19)9-12)21-11-17-14-4-2-1-3-13(14)7-8-20-17/h1-6,9,17H,7-8,10-11H2. The van der Waals surface area contributed by atoms with E-state index in [0.29, 0.717) is 17.4 Å². The molecule has 3 rings (SSSR count). The Morgan fingerprint density at radius 2 is 2.10 bits per heavy atom. The monoisotopic (exact) mass is 366 g/mol. The van der Waals surface area contributed by atoms with Crippen LogP contribution in [0.1, 0.15) is 22.8 Å². The number of ether oxygens (including phenoxy) is 2. The first-order valence-electron chi connectivity index (χ1n) is 6.94. The van der Waals surface area contributed by atoms with Crippen LogP contribution in [0.2, 0.25) is 5.02 Å². The van der Waals surface area contributed by atoms with Crippen LogP contribution in [0, 0.1) is 0 Å². The molecule has 2 nitrogen and oxygen atoms in total. The largest absolute Gasteiger partial charge is 0.489 e. The Morgan fingerprint density at radius 1 is 1.24 bits per heavy atom. The van der Waals surface area contributed by atoms with E-state index >= 15 is 0 Å². The molecule has 1 unspecified atom stereocenters. The van der Waals surface area contributed by atoms with Crippen molar-refractivity contribution in [1.82, 2.24) is 0 Å². The second kappa shape index (κ2) is 6.82. The molecule has 0 amide bonds. The number of alkyl halides is 1. The van der Waals surface area contributed by atoms with Crippen LogP contribution in [0.5, 0.6) is 5.75 Å². The third kappa shape index (κ3) is 3.42. The van der Waals surface area contributed by atoms with Crippen LogP contribution in [0.3, 0.4) is 0 Å². The highest BCUT2D eigenvalue weighted by atomic mass is 79.9. The summed E-state index contributed by atoms with van der Waals surface area (Å²) in [6.07, 6.45) is 0.940. The second-order valence-electron chi connectivity index (χ2n) is 5.02. The molecule has 0 aliphatic carbocycles. The molecule has 0 N–H and O–H groups in total. The molecular weight excluding hydrogens is 352 g/mol. The van der Waals surface area contributed by atoms with Gasteiger partial charge in [0.05, 0.1) is 11.6 Å². The van der Waals surface area contributed by atoms with Crippen LogP contribution in [0.25, 0.3) is 0 Å². The second-order valence-corrected chi connectivity index (χ2v) is 5.99. The molecule has 0 saturated heterocycles. The predicted molar refractivity (Wildman–Crippen MR) is 88.4 cm³/mol. The average molecular weight is 368 g/mol. The Bertz CT molecular complexity index is 630. The minimum atomic E-state index is -0.0260. The van der Waals surface area contributed by atoms with Crippen molar-refractivity contribution in [2.45, 2.75) is 17.9 Å². The third-order valence-electron chi connectivity index (χ3n) is 3.63. The number of fused-ring (bicyclic) bond motifs is 1. The van der Waals surface area contributed by atoms with Crippen LogP contribution in [-0.2, 0) is 16.5 Å². The fourth-order valence-corrected chi connectivity index (χ4v) is 3.13. The summed E-state index contributed by atoms with van der Waals surface area (Å²) in [5, 5.41) is 1.42. The molecule has 0 aromatic heterocycles. The van der Waals surface area contributed by atoms with Crippen LogP contribution in [-0.4, -0.2) is 13.2 Å². The van der Waals surface area contributed by atoms with Gasteiger partial charge in [-0.05, 0) is 35.2 Å². The summed E-state index contributed by atoms with van der Waals surface area (Å²) in [5.41, 5.74) is 3.70. The molecule has 110 valence electrons. The molecule has 0 saturated carbocycles. The number of benzene rings is 2. The smallest absolute Gasteiger partial charge is 0.138 e. The zero-order valence-corrected chi connectivity index (χ0v) is 13.9. The maximum atomic E-state index is 6.24. The van der Waals surface area contributed by atoms with Gasteiger partial charge in [-0.2, -0.15) is 0 Å². The third-order valence-corrected chi connectivity index (χ3v) is 4.58. The highest BCUT2D eigenvalue weighted by molar-refractivity contribution is 9.08. The van der Waals surface area contributed by atoms with Gasteiger partial charge in [0.2, 0.25) is 0 Å². The molecule has 2 aromatic carbocycles. The molecule has 1 aliphatic heterocycles. The minimum absolute atomic E-state index is 0.0260. The van der Waals surface area contributed by atoms with Gasteiger partial charge >= 0.3 is 0 Å². The molecule has 0 spiro atoms. The SMILES string of the molecule is Clc1cc(CBr)ccc1OCC1OCCc2ccccc21. The van der Waals surface area contributed by atoms with Crippen molar-refractivity contribution in [1.29, 1.82) is 0 Å². The van der Waals surface area contributed by atoms with Gasteiger partial charge in [0.25, 0.3) is 0 Å². The number of hydrogen-bond donors (Lipinski definition) is 0. The Morgan fingerprint density at radius 3 is 2.90 bits per heavy atom. The Hall–Kier alpha value is -1.03. The zero-order chi connectivity index (χ0) is 14.7. The van der Waals surface area contributed by atoms with E-state index < -0.39 is 0 Å². The van der Waals surface area contributed by atoms with Crippen LogP contribution < -0.4 is 4.74 Å². The lowest BCUT2D eigenvalue weighted by atomic mass is 9.98. The first kappa shape index (κ1) is 14.9. The lowest BCUT2D eigenvalue weighted by molar-refractivity contribution is 0.0102. The maximum absolute atomic E-state index is 6.24. The van der Waals surface area contributed by atoms with E-state index in [4.69, 9.17) is 21.1 Å². The van der Waals surface area contributed by atoms with Crippen LogP contribution in [0.4, 0.5) is 0 Å². The van der Waals surface area contributed by atoms with E-state index in [0.717, 1.165) is 23.9 Å². The van der Waals surface area contributed by atoms with Gasteiger partial charge in [-0.1, -0.05) is 57.9 Å². The van der Waals surface area contributed by atoms with Crippen molar-refractivity contribution in [3.05, 3.63) is 64.2 Å². The summed E-state index contributed by atoms with van der Waals surface area (Å²) >= 11 is 9.66. The normalized spacial score (nSPS) is 17.3. The van der Waals surface area contributed by atoms with Gasteiger partial charge in [-0.3, -0.25) is 0 Å². The van der Waals surface area contributed by atoms with E-state index in [9.17, 15) is 0 Å². The molecule has 1 atom stereocenters. The highest BCUT2D eigenvalue weighted by Gasteiger charge is 2.21. The van der Waals surface area contributed by atoms with Crippen molar-refractivity contribution in [2.24, 2.45) is 0 Å². The van der Waals surface area contributed by atoms with E-state index in [-0.39, 0.29) is 6.10 Å². The van der Waals surface area contributed by atoms with Crippen molar-refractivity contribution >= 4 is 27.5 Å². The summed E-state index contributed by atoms with van der Waals surface area (Å²) in [5.74, 6) is 0.702. The van der Waals surface area contributed by atoms with E-state index in [1.807, 2.05) is 24.3 Å². The first-order valence-corrected chi connectivity index (χ1v) is 8.44. The van der Waals surface area contributed by atoms with Gasteiger partial charge in [0.15, 0.2) is 0 Å². The molecule has 21 heavy (non-hydrogen) atoms. The van der Waals surface area contributed by atoms with Gasteiger partial charge < -0.3 is 9.47 Å². The minimum Gasteiger partial charge on any atom is -0.489 e. The van der Waals surface area contributed by atoms with Crippen molar-refractivity contribution in [3.8, 4) is 5.75 Å². The molecule has 0 fully saturated rings. The lowest BCUT2D eigenvalue weighted by Crippen LogP contribution is -2.21. The Balaban J connectivity index is 1.71. The van der Waals surface area contributed by atoms with Crippen LogP contribution >= 0.6 is 27.5 Å². The number of hydrogen-bond acceptors (Lipinski definition) is 2. The van der Waals surface area contributed by atoms with E-state index in [1.165, 1.54) is 11.1 Å². The lowest BCUT2D eigenvalue weighted by Gasteiger charge is -2.26. The Kier molecular flexibility index (Phi) is 4.84. The molecular formula is C17H16BrClO2. The van der Waals surface area contributed by atoms with Gasteiger partial charge in [0.1, 0.15) is 18.5 Å². The number of halogens is 2. The zero-order valence-electron chi connectivity index (χ0n) is 11.5. The summed E-state index contributed by atoms with van der Waals surface area (Å²) in [6.45, 7) is 1.21.